The molecule has 160 valence electrons. The van der Waals surface area contributed by atoms with E-state index in [-0.39, 0.29) is 17.1 Å². The topological polar surface area (TPSA) is 0 Å². The van der Waals surface area contributed by atoms with Crippen molar-refractivity contribution in [1.82, 2.24) is 0 Å². The molecule has 0 amide bonds. The average molecular weight is 452 g/mol. The largest absolute Gasteiger partial charge is 0.748 e. The van der Waals surface area contributed by atoms with Crippen molar-refractivity contribution in [1.29, 1.82) is 0 Å². The minimum absolute atomic E-state index is 0. The third-order valence-corrected chi connectivity index (χ3v) is 5.37. The number of hydrogen-bond acceptors (Lipinski definition) is 0. The van der Waals surface area contributed by atoms with Gasteiger partial charge in [-0.15, -0.1) is 13.2 Å². The molecular formula is C28H29FeP-6. The van der Waals surface area contributed by atoms with E-state index in [1.165, 1.54) is 21.7 Å². The first-order valence-electron chi connectivity index (χ1n) is 9.82. The third-order valence-electron chi connectivity index (χ3n) is 4.13. The van der Waals surface area contributed by atoms with Crippen molar-refractivity contribution in [3.8, 4) is 0 Å². The van der Waals surface area contributed by atoms with Gasteiger partial charge >= 0.3 is 0 Å². The van der Waals surface area contributed by atoms with E-state index >= 15 is 0 Å². The summed E-state index contributed by atoms with van der Waals surface area (Å²) >= 11 is 0. The van der Waals surface area contributed by atoms with Gasteiger partial charge < -0.3 is 30.3 Å². The summed E-state index contributed by atoms with van der Waals surface area (Å²) in [7, 11) is 0.777. The van der Waals surface area contributed by atoms with Crippen molar-refractivity contribution in [2.75, 3.05) is 0 Å². The molecule has 0 saturated heterocycles. The summed E-state index contributed by atoms with van der Waals surface area (Å²) in [5.41, 5.74) is 2.75. The SMILES string of the molecule is C=CCc1ccc[c-]1CC=C.[Fe].[cH-]1[cH-][cH-][cH-][cH-]1.c1ccc(Pc2ccccc2)cc1. The van der Waals surface area contributed by atoms with Crippen LogP contribution in [0.2, 0.25) is 0 Å². The molecule has 0 aromatic heterocycles. The van der Waals surface area contributed by atoms with E-state index < -0.39 is 0 Å². The minimum Gasteiger partial charge on any atom is -0.748 e. The Hall–Kier alpha value is -2.43. The van der Waals surface area contributed by atoms with Gasteiger partial charge in [0.25, 0.3) is 0 Å². The van der Waals surface area contributed by atoms with Gasteiger partial charge in [0.15, 0.2) is 0 Å². The van der Waals surface area contributed by atoms with Crippen LogP contribution in [-0.2, 0) is 29.9 Å². The van der Waals surface area contributed by atoms with Crippen molar-refractivity contribution in [2.45, 2.75) is 12.8 Å². The molecule has 4 aromatic carbocycles. The Labute approximate surface area is 194 Å². The molecule has 0 spiro atoms. The van der Waals surface area contributed by atoms with Gasteiger partial charge in [0.05, 0.1) is 0 Å². The maximum Gasteiger partial charge on any atom is 0 e. The van der Waals surface area contributed by atoms with Gasteiger partial charge in [-0.1, -0.05) is 87.8 Å². The molecule has 0 nitrogen and oxygen atoms in total. The van der Waals surface area contributed by atoms with Crippen LogP contribution in [0.4, 0.5) is 0 Å². The number of allylic oxidation sites excluding steroid dienone is 2. The van der Waals surface area contributed by atoms with E-state index in [0.717, 1.165) is 21.4 Å². The Morgan fingerprint density at radius 3 is 1.63 bits per heavy atom. The Kier molecular flexibility index (Phi) is 14.0. The Morgan fingerprint density at radius 2 is 1.20 bits per heavy atom. The fourth-order valence-electron chi connectivity index (χ4n) is 2.73. The van der Waals surface area contributed by atoms with Crippen LogP contribution in [0.5, 0.6) is 0 Å². The molecule has 0 unspecified atom stereocenters. The molecule has 0 bridgehead atoms. The molecule has 0 heterocycles. The normalized spacial score (nSPS) is 9.07. The molecule has 4 rings (SSSR count). The van der Waals surface area contributed by atoms with Gasteiger partial charge in [0.1, 0.15) is 0 Å². The monoisotopic (exact) mass is 452 g/mol. The van der Waals surface area contributed by atoms with Gasteiger partial charge in [0, 0.05) is 17.1 Å². The molecule has 0 saturated carbocycles. The van der Waals surface area contributed by atoms with Crippen LogP contribution in [-0.4, -0.2) is 0 Å². The van der Waals surface area contributed by atoms with Gasteiger partial charge in [-0.2, -0.15) is 17.2 Å². The second-order valence-electron chi connectivity index (χ2n) is 6.38. The van der Waals surface area contributed by atoms with E-state index in [1.807, 2.05) is 42.5 Å². The van der Waals surface area contributed by atoms with Crippen LogP contribution in [0.1, 0.15) is 11.1 Å². The fraction of sp³-hybridized carbons (Fsp3) is 0.0714. The molecule has 0 aliphatic heterocycles. The van der Waals surface area contributed by atoms with Gasteiger partial charge in [0.2, 0.25) is 0 Å². The Morgan fingerprint density at radius 1 is 0.700 bits per heavy atom. The van der Waals surface area contributed by atoms with E-state index in [1.54, 1.807) is 0 Å². The van der Waals surface area contributed by atoms with Crippen LogP contribution in [0.3, 0.4) is 0 Å². The molecular weight excluding hydrogens is 423 g/mol. The van der Waals surface area contributed by atoms with Crippen LogP contribution in [0.15, 0.2) is 135 Å². The summed E-state index contributed by atoms with van der Waals surface area (Å²) in [4.78, 5) is 0. The standard InChI is InChI=1S/C12H11P.C11H13.C5H5.Fe/c1-3-7-11(8-4-1)13-12-9-5-2-6-10-12;1-3-6-10-8-5-9-11(10)7-4-2;1-2-4-5-3-1;/h1-10,13H;3-5,8-9H,1-2,6-7H2;1-5H;/q;-1;-5;. The Bertz CT molecular complexity index is 826. The van der Waals surface area contributed by atoms with Gasteiger partial charge in [-0.3, -0.25) is 0 Å². The summed E-state index contributed by atoms with van der Waals surface area (Å²) in [5, 5.41) is 2.79. The maximum atomic E-state index is 3.71. The zero-order chi connectivity index (χ0) is 20.6. The smallest absolute Gasteiger partial charge is 0 e. The minimum atomic E-state index is 0. The summed E-state index contributed by atoms with van der Waals surface area (Å²) < 4.78 is 0. The predicted molar refractivity (Wildman–Crippen MR) is 132 cm³/mol. The molecule has 0 fully saturated rings. The van der Waals surface area contributed by atoms with Crippen molar-refractivity contribution in [2.24, 2.45) is 0 Å². The molecule has 2 heteroatoms. The van der Waals surface area contributed by atoms with Crippen LogP contribution in [0, 0.1) is 0 Å². The van der Waals surface area contributed by atoms with Crippen molar-refractivity contribution in [3.05, 3.63) is 146 Å². The third kappa shape index (κ3) is 10.4. The zero-order valence-electron chi connectivity index (χ0n) is 17.2. The van der Waals surface area contributed by atoms with Crippen molar-refractivity contribution >= 4 is 19.2 Å². The van der Waals surface area contributed by atoms with E-state index in [4.69, 9.17) is 0 Å². The van der Waals surface area contributed by atoms with Crippen LogP contribution in [0.25, 0.3) is 0 Å². The van der Waals surface area contributed by atoms with Crippen molar-refractivity contribution < 1.29 is 17.1 Å². The number of benzene rings is 2. The Balaban J connectivity index is 0.000000240. The molecule has 30 heavy (non-hydrogen) atoms. The second kappa shape index (κ2) is 16.4. The second-order valence-corrected chi connectivity index (χ2v) is 7.79. The fourth-order valence-corrected chi connectivity index (χ4v) is 3.79. The van der Waals surface area contributed by atoms with Crippen LogP contribution < -0.4 is 10.6 Å². The summed E-state index contributed by atoms with van der Waals surface area (Å²) in [6.07, 6.45) is 5.80. The number of rotatable bonds is 6. The molecule has 0 N–H and O–H groups in total. The molecule has 0 aliphatic carbocycles. The van der Waals surface area contributed by atoms with E-state index in [0.29, 0.717) is 0 Å². The quantitative estimate of drug-likeness (QED) is 0.134. The summed E-state index contributed by atoms with van der Waals surface area (Å²) in [5.74, 6) is 0. The first kappa shape index (κ1) is 25.6. The average Bonchev–Trinajstić information content (AvgIpc) is 3.47. The zero-order valence-corrected chi connectivity index (χ0v) is 19.3. The van der Waals surface area contributed by atoms with Gasteiger partial charge in [-0.05, 0) is 17.0 Å². The first-order chi connectivity index (χ1) is 14.3. The van der Waals surface area contributed by atoms with E-state index in [2.05, 4.69) is 92.0 Å². The van der Waals surface area contributed by atoms with Crippen LogP contribution >= 0.6 is 8.58 Å². The first-order valence-corrected chi connectivity index (χ1v) is 10.8. The van der Waals surface area contributed by atoms with E-state index in [9.17, 15) is 0 Å². The number of hydrogen-bond donors (Lipinski definition) is 0. The molecule has 0 radical (unpaired) electrons. The summed E-state index contributed by atoms with van der Waals surface area (Å²) in [6.45, 7) is 7.42. The maximum absolute atomic E-state index is 3.71. The molecule has 0 aliphatic rings. The summed E-state index contributed by atoms with van der Waals surface area (Å²) in [6, 6.07) is 37.5. The predicted octanol–water partition coefficient (Wildman–Crippen LogP) is 6.58. The molecule has 4 aromatic rings. The molecule has 0 atom stereocenters. The van der Waals surface area contributed by atoms with Crippen molar-refractivity contribution in [3.63, 3.8) is 0 Å². The van der Waals surface area contributed by atoms with Gasteiger partial charge in [-0.25, -0.2) is 12.1 Å².